The van der Waals surface area contributed by atoms with Gasteiger partial charge < -0.3 is 5.11 Å². The fourth-order valence-corrected chi connectivity index (χ4v) is 1.59. The van der Waals surface area contributed by atoms with Gasteiger partial charge in [-0.1, -0.05) is 18.2 Å². The third-order valence-electron chi connectivity index (χ3n) is 1.66. The van der Waals surface area contributed by atoms with Crippen LogP contribution in [0.15, 0.2) is 24.3 Å². The normalized spacial score (nSPS) is 30.7. The lowest BCUT2D eigenvalue weighted by molar-refractivity contribution is 0.176. The average Bonchev–Trinajstić information content (AvgIpc) is 1.87. The molecule has 0 aromatic rings. The van der Waals surface area contributed by atoms with Gasteiger partial charge in [0.05, 0.1) is 0 Å². The maximum atomic E-state index is 11.0. The van der Waals surface area contributed by atoms with Gasteiger partial charge in [0.2, 0.25) is 0 Å². The number of rotatable bonds is 1. The molecule has 1 aliphatic carbocycles. The van der Waals surface area contributed by atoms with Gasteiger partial charge >= 0.3 is 0 Å². The van der Waals surface area contributed by atoms with Crippen LogP contribution in [0.5, 0.6) is 0 Å². The van der Waals surface area contributed by atoms with Crippen molar-refractivity contribution >= 4 is 9.84 Å². The van der Waals surface area contributed by atoms with Crippen LogP contribution < -0.4 is 0 Å². The fraction of sp³-hybridized carbons (Fsp3) is 0.429. The Morgan fingerprint density at radius 3 is 2.36 bits per heavy atom. The van der Waals surface area contributed by atoms with E-state index in [0.29, 0.717) is 0 Å². The molecular weight excluding hydrogens is 164 g/mol. The molecule has 0 fully saturated rings. The van der Waals surface area contributed by atoms with E-state index in [1.165, 1.54) is 12.2 Å². The SMILES string of the molecule is CS(=O)(=O)C1(O)C=CC=CC1. The summed E-state index contributed by atoms with van der Waals surface area (Å²) in [5.74, 6) is 0. The second kappa shape index (κ2) is 2.46. The summed E-state index contributed by atoms with van der Waals surface area (Å²) in [6.45, 7) is 0. The summed E-state index contributed by atoms with van der Waals surface area (Å²) in [6.07, 6.45) is 7.33. The van der Waals surface area contributed by atoms with Gasteiger partial charge in [-0.15, -0.1) is 0 Å². The Kier molecular flexibility index (Phi) is 1.90. The molecule has 11 heavy (non-hydrogen) atoms. The highest BCUT2D eigenvalue weighted by atomic mass is 32.2. The highest BCUT2D eigenvalue weighted by Crippen LogP contribution is 2.22. The van der Waals surface area contributed by atoms with Gasteiger partial charge in [-0.25, -0.2) is 8.42 Å². The van der Waals surface area contributed by atoms with Gasteiger partial charge in [-0.05, 0) is 6.08 Å². The molecule has 0 heterocycles. The smallest absolute Gasteiger partial charge is 0.188 e. The van der Waals surface area contributed by atoms with Crippen LogP contribution >= 0.6 is 0 Å². The lowest BCUT2D eigenvalue weighted by atomic mass is 10.1. The van der Waals surface area contributed by atoms with Crippen molar-refractivity contribution in [3.63, 3.8) is 0 Å². The van der Waals surface area contributed by atoms with Crippen LogP contribution in [-0.4, -0.2) is 24.7 Å². The second-order valence-electron chi connectivity index (χ2n) is 2.61. The lowest BCUT2D eigenvalue weighted by Gasteiger charge is -2.22. The van der Waals surface area contributed by atoms with Crippen molar-refractivity contribution in [2.45, 2.75) is 11.4 Å². The van der Waals surface area contributed by atoms with E-state index in [-0.39, 0.29) is 6.42 Å². The minimum Gasteiger partial charge on any atom is -0.371 e. The largest absolute Gasteiger partial charge is 0.371 e. The summed E-state index contributed by atoms with van der Waals surface area (Å²) in [6, 6.07) is 0. The van der Waals surface area contributed by atoms with Gasteiger partial charge in [0.25, 0.3) is 0 Å². The topological polar surface area (TPSA) is 54.4 Å². The third-order valence-corrected chi connectivity index (χ3v) is 3.24. The van der Waals surface area contributed by atoms with E-state index < -0.39 is 14.8 Å². The summed E-state index contributed by atoms with van der Waals surface area (Å²) in [4.78, 5) is -1.68. The molecule has 4 heteroatoms. The predicted octanol–water partition coefficient (Wildman–Crippen LogP) is 0.236. The van der Waals surface area contributed by atoms with Crippen LogP contribution in [0.1, 0.15) is 6.42 Å². The highest BCUT2D eigenvalue weighted by Gasteiger charge is 2.34. The zero-order chi connectivity index (χ0) is 8.54. The predicted molar refractivity (Wildman–Crippen MR) is 42.7 cm³/mol. The number of aliphatic hydroxyl groups is 1. The zero-order valence-electron chi connectivity index (χ0n) is 6.19. The molecule has 1 unspecified atom stereocenters. The highest BCUT2D eigenvalue weighted by molar-refractivity contribution is 7.92. The molecule has 0 bridgehead atoms. The van der Waals surface area contributed by atoms with Gasteiger partial charge in [0, 0.05) is 12.7 Å². The summed E-state index contributed by atoms with van der Waals surface area (Å²) in [7, 11) is -3.41. The maximum absolute atomic E-state index is 11.0. The Morgan fingerprint density at radius 1 is 1.45 bits per heavy atom. The Morgan fingerprint density at radius 2 is 2.09 bits per heavy atom. The molecule has 0 saturated heterocycles. The van der Waals surface area contributed by atoms with E-state index in [1.807, 2.05) is 0 Å². The molecule has 0 spiro atoms. The Labute approximate surface area is 66.0 Å². The van der Waals surface area contributed by atoms with Crippen molar-refractivity contribution in [3.05, 3.63) is 24.3 Å². The first-order valence-corrected chi connectivity index (χ1v) is 5.11. The van der Waals surface area contributed by atoms with E-state index in [9.17, 15) is 13.5 Å². The van der Waals surface area contributed by atoms with E-state index in [1.54, 1.807) is 12.2 Å². The van der Waals surface area contributed by atoms with Crippen LogP contribution in [0.4, 0.5) is 0 Å². The van der Waals surface area contributed by atoms with Gasteiger partial charge in [0.15, 0.2) is 14.8 Å². The van der Waals surface area contributed by atoms with E-state index in [0.717, 1.165) is 6.26 Å². The van der Waals surface area contributed by atoms with Crippen molar-refractivity contribution in [1.82, 2.24) is 0 Å². The van der Waals surface area contributed by atoms with Gasteiger partial charge in [-0.3, -0.25) is 0 Å². The van der Waals surface area contributed by atoms with E-state index in [4.69, 9.17) is 0 Å². The summed E-state index contributed by atoms with van der Waals surface area (Å²) >= 11 is 0. The number of hydrogen-bond acceptors (Lipinski definition) is 3. The average molecular weight is 174 g/mol. The molecule has 1 aliphatic rings. The Balaban J connectivity index is 3.04. The van der Waals surface area contributed by atoms with Crippen molar-refractivity contribution in [2.24, 2.45) is 0 Å². The first-order chi connectivity index (χ1) is 4.96. The van der Waals surface area contributed by atoms with E-state index in [2.05, 4.69) is 0 Å². The minimum atomic E-state index is -3.41. The van der Waals surface area contributed by atoms with Crippen LogP contribution in [0.25, 0.3) is 0 Å². The molecule has 0 amide bonds. The molecule has 3 nitrogen and oxygen atoms in total. The Bertz CT molecular complexity index is 300. The molecule has 0 saturated carbocycles. The van der Waals surface area contributed by atoms with Gasteiger partial charge in [-0.2, -0.15) is 0 Å². The van der Waals surface area contributed by atoms with Crippen molar-refractivity contribution in [3.8, 4) is 0 Å². The minimum absolute atomic E-state index is 0.141. The first-order valence-electron chi connectivity index (χ1n) is 3.22. The molecule has 0 aromatic carbocycles. The molecular formula is C7H10O3S. The second-order valence-corrected chi connectivity index (χ2v) is 4.86. The molecule has 62 valence electrons. The van der Waals surface area contributed by atoms with E-state index >= 15 is 0 Å². The summed E-state index contributed by atoms with van der Waals surface area (Å²) < 4.78 is 21.9. The quantitative estimate of drug-likeness (QED) is 0.619. The number of hydrogen-bond donors (Lipinski definition) is 1. The Hall–Kier alpha value is -0.610. The van der Waals surface area contributed by atoms with Crippen LogP contribution in [0.2, 0.25) is 0 Å². The van der Waals surface area contributed by atoms with Crippen LogP contribution in [0.3, 0.4) is 0 Å². The molecule has 1 atom stereocenters. The fourth-order valence-electron chi connectivity index (χ4n) is 0.864. The van der Waals surface area contributed by atoms with Crippen molar-refractivity contribution in [1.29, 1.82) is 0 Å². The summed E-state index contributed by atoms with van der Waals surface area (Å²) in [5.41, 5.74) is 0. The number of allylic oxidation sites excluding steroid dienone is 2. The summed E-state index contributed by atoms with van der Waals surface area (Å²) in [5, 5.41) is 9.48. The van der Waals surface area contributed by atoms with Crippen molar-refractivity contribution in [2.75, 3.05) is 6.26 Å². The molecule has 1 N–H and O–H groups in total. The standard InChI is InChI=1S/C7H10O3S/c1-11(9,10)7(8)5-3-2-4-6-7/h2-5,8H,6H2,1H3. The molecule has 0 radical (unpaired) electrons. The molecule has 1 rings (SSSR count). The first kappa shape index (κ1) is 8.49. The maximum Gasteiger partial charge on any atom is 0.188 e. The third kappa shape index (κ3) is 1.52. The van der Waals surface area contributed by atoms with Crippen molar-refractivity contribution < 1.29 is 13.5 Å². The zero-order valence-corrected chi connectivity index (χ0v) is 7.00. The molecule has 0 aliphatic heterocycles. The number of sulfone groups is 1. The lowest BCUT2D eigenvalue weighted by Crippen LogP contribution is -2.35. The monoisotopic (exact) mass is 174 g/mol. The van der Waals surface area contributed by atoms with Crippen LogP contribution in [0, 0.1) is 0 Å². The van der Waals surface area contributed by atoms with Crippen LogP contribution in [-0.2, 0) is 9.84 Å². The van der Waals surface area contributed by atoms with Gasteiger partial charge in [0.1, 0.15) is 0 Å². The molecule has 0 aromatic heterocycles.